The zero-order valence-electron chi connectivity index (χ0n) is 17.2. The van der Waals surface area contributed by atoms with Gasteiger partial charge in [-0.05, 0) is 36.5 Å². The zero-order valence-corrected chi connectivity index (χ0v) is 18.0. The smallest absolute Gasteiger partial charge is 0.262 e. The Kier molecular flexibility index (Phi) is 6.53. The fraction of sp³-hybridized carbons (Fsp3) is 0.375. The third-order valence-corrected chi connectivity index (χ3v) is 6.78. The minimum Gasteiger partial charge on any atom is -0.352 e. The molecule has 156 valence electrons. The summed E-state index contributed by atoms with van der Waals surface area (Å²) in [7, 11) is 0. The Morgan fingerprint density at radius 1 is 1.10 bits per heavy atom. The second-order valence-electron chi connectivity index (χ2n) is 8.01. The van der Waals surface area contributed by atoms with E-state index in [9.17, 15) is 9.59 Å². The average molecular weight is 422 g/mol. The van der Waals surface area contributed by atoms with Crippen molar-refractivity contribution in [3.63, 3.8) is 0 Å². The van der Waals surface area contributed by atoms with Crippen LogP contribution in [0.5, 0.6) is 0 Å². The van der Waals surface area contributed by atoms with Crippen LogP contribution in [0, 0.1) is 5.92 Å². The van der Waals surface area contributed by atoms with Crippen LogP contribution in [-0.2, 0) is 11.3 Å². The Bertz CT molecular complexity index is 1080. The highest BCUT2D eigenvalue weighted by Gasteiger charge is 2.23. The van der Waals surface area contributed by atoms with Gasteiger partial charge in [-0.2, -0.15) is 0 Å². The minimum atomic E-state index is -0.0757. The lowest BCUT2D eigenvalue weighted by molar-refractivity contribution is -0.119. The number of carbonyl (C=O) groups excluding carboxylic acids is 1. The van der Waals surface area contributed by atoms with Crippen LogP contribution in [0.2, 0.25) is 0 Å². The molecule has 1 saturated carbocycles. The van der Waals surface area contributed by atoms with Gasteiger partial charge in [0, 0.05) is 6.04 Å². The molecule has 1 N–H and O–H groups in total. The highest BCUT2D eigenvalue weighted by Crippen LogP contribution is 2.24. The van der Waals surface area contributed by atoms with E-state index in [-0.39, 0.29) is 23.3 Å². The maximum atomic E-state index is 13.2. The molecule has 1 amide bonds. The number of para-hydroxylation sites is 1. The predicted molar refractivity (Wildman–Crippen MR) is 122 cm³/mol. The second kappa shape index (κ2) is 9.47. The summed E-state index contributed by atoms with van der Waals surface area (Å²) >= 11 is 1.33. The van der Waals surface area contributed by atoms with Crippen molar-refractivity contribution in [1.82, 2.24) is 14.9 Å². The van der Waals surface area contributed by atoms with Crippen molar-refractivity contribution in [2.24, 2.45) is 5.92 Å². The lowest BCUT2D eigenvalue weighted by Crippen LogP contribution is -2.42. The van der Waals surface area contributed by atoms with Gasteiger partial charge < -0.3 is 5.32 Å². The van der Waals surface area contributed by atoms with Crippen molar-refractivity contribution >= 4 is 28.6 Å². The van der Waals surface area contributed by atoms with E-state index in [1.54, 1.807) is 10.6 Å². The first kappa shape index (κ1) is 20.7. The topological polar surface area (TPSA) is 64.0 Å². The van der Waals surface area contributed by atoms with Gasteiger partial charge in [-0.3, -0.25) is 14.2 Å². The molecule has 1 fully saturated rings. The summed E-state index contributed by atoms with van der Waals surface area (Å²) in [6, 6.07) is 17.5. The van der Waals surface area contributed by atoms with Crippen LogP contribution in [0.3, 0.4) is 0 Å². The number of hydrogen-bond donors (Lipinski definition) is 1. The van der Waals surface area contributed by atoms with Crippen LogP contribution in [0.25, 0.3) is 10.9 Å². The monoisotopic (exact) mass is 421 g/mol. The van der Waals surface area contributed by atoms with Crippen LogP contribution in [0.1, 0.15) is 38.2 Å². The molecule has 0 saturated heterocycles. The predicted octanol–water partition coefficient (Wildman–Crippen LogP) is 4.23. The van der Waals surface area contributed by atoms with Crippen molar-refractivity contribution in [3.8, 4) is 0 Å². The summed E-state index contributed by atoms with van der Waals surface area (Å²) in [6.07, 6.45) is 4.63. The van der Waals surface area contributed by atoms with Gasteiger partial charge in [0.2, 0.25) is 5.91 Å². The van der Waals surface area contributed by atoms with E-state index in [1.165, 1.54) is 31.0 Å². The Hall–Kier alpha value is -2.60. The number of aromatic nitrogens is 2. The molecule has 1 aliphatic carbocycles. The number of benzene rings is 2. The first-order valence-electron chi connectivity index (χ1n) is 10.6. The zero-order chi connectivity index (χ0) is 20.9. The van der Waals surface area contributed by atoms with E-state index in [2.05, 4.69) is 12.2 Å². The summed E-state index contributed by atoms with van der Waals surface area (Å²) in [5.74, 6) is 0.776. The van der Waals surface area contributed by atoms with Crippen LogP contribution in [-0.4, -0.2) is 27.3 Å². The molecule has 0 aliphatic heterocycles. The fourth-order valence-electron chi connectivity index (χ4n) is 4.07. The molecular weight excluding hydrogens is 394 g/mol. The normalized spacial score (nSPS) is 19.0. The molecule has 0 spiro atoms. The van der Waals surface area contributed by atoms with Crippen molar-refractivity contribution in [3.05, 3.63) is 70.5 Å². The molecular formula is C24H27N3O2S. The van der Waals surface area contributed by atoms with Crippen molar-refractivity contribution in [1.29, 1.82) is 0 Å². The molecule has 0 unspecified atom stereocenters. The fourth-order valence-corrected chi connectivity index (χ4v) is 4.88. The number of amides is 1. The molecule has 30 heavy (non-hydrogen) atoms. The lowest BCUT2D eigenvalue weighted by atomic mass is 9.86. The molecule has 2 atom stereocenters. The molecule has 2 aromatic carbocycles. The molecule has 1 heterocycles. The number of thioether (sulfide) groups is 1. The van der Waals surface area contributed by atoms with Crippen LogP contribution in [0.4, 0.5) is 0 Å². The average Bonchev–Trinajstić information content (AvgIpc) is 2.77. The number of rotatable bonds is 6. The Labute approximate surface area is 180 Å². The maximum Gasteiger partial charge on any atom is 0.262 e. The summed E-state index contributed by atoms with van der Waals surface area (Å²) in [6.45, 7) is 2.64. The summed E-state index contributed by atoms with van der Waals surface area (Å²) < 4.78 is 1.68. The third kappa shape index (κ3) is 4.75. The minimum absolute atomic E-state index is 0.00687. The van der Waals surface area contributed by atoms with Gasteiger partial charge in [-0.1, -0.05) is 74.0 Å². The van der Waals surface area contributed by atoms with Crippen molar-refractivity contribution < 1.29 is 4.79 Å². The molecule has 1 aliphatic rings. The van der Waals surface area contributed by atoms with Gasteiger partial charge >= 0.3 is 0 Å². The Morgan fingerprint density at radius 3 is 2.63 bits per heavy atom. The van der Waals surface area contributed by atoms with E-state index < -0.39 is 0 Å². The van der Waals surface area contributed by atoms with Gasteiger partial charge in [0.1, 0.15) is 0 Å². The standard InChI is InChI=1S/C24H27N3O2S/c1-17-9-5-7-13-20(17)25-22(28)16-30-24-26-21-14-8-6-12-19(21)23(29)27(24)15-18-10-3-2-4-11-18/h2-4,6,8,10-12,14,17,20H,5,7,9,13,15-16H2,1H3,(H,25,28)/t17-,20+/m1/s1. The quantitative estimate of drug-likeness (QED) is 0.478. The largest absolute Gasteiger partial charge is 0.352 e. The molecule has 4 rings (SSSR count). The number of hydrogen-bond acceptors (Lipinski definition) is 4. The second-order valence-corrected chi connectivity index (χ2v) is 8.96. The molecule has 1 aromatic heterocycles. The van der Waals surface area contributed by atoms with E-state index in [4.69, 9.17) is 4.98 Å². The first-order valence-corrected chi connectivity index (χ1v) is 11.6. The lowest BCUT2D eigenvalue weighted by Gasteiger charge is -2.29. The van der Waals surface area contributed by atoms with E-state index >= 15 is 0 Å². The van der Waals surface area contributed by atoms with Crippen LogP contribution in [0.15, 0.2) is 64.5 Å². The molecule has 3 aromatic rings. The van der Waals surface area contributed by atoms with E-state index in [0.29, 0.717) is 28.5 Å². The van der Waals surface area contributed by atoms with Gasteiger partial charge in [0.15, 0.2) is 5.16 Å². The molecule has 0 radical (unpaired) electrons. The molecule has 5 nitrogen and oxygen atoms in total. The third-order valence-electron chi connectivity index (χ3n) is 5.80. The summed E-state index contributed by atoms with van der Waals surface area (Å²) in [4.78, 5) is 30.5. The van der Waals surface area contributed by atoms with Gasteiger partial charge in [-0.15, -0.1) is 0 Å². The summed E-state index contributed by atoms with van der Waals surface area (Å²) in [5, 5.41) is 4.36. The molecule has 0 bridgehead atoms. The highest BCUT2D eigenvalue weighted by molar-refractivity contribution is 7.99. The van der Waals surface area contributed by atoms with E-state index in [1.807, 2.05) is 48.5 Å². The summed E-state index contributed by atoms with van der Waals surface area (Å²) in [5.41, 5.74) is 1.61. The van der Waals surface area contributed by atoms with Crippen molar-refractivity contribution in [2.45, 2.75) is 50.4 Å². The number of nitrogens with one attached hydrogen (secondary N) is 1. The van der Waals surface area contributed by atoms with Crippen molar-refractivity contribution in [2.75, 3.05) is 5.75 Å². The maximum absolute atomic E-state index is 13.2. The van der Waals surface area contributed by atoms with Crippen LogP contribution < -0.4 is 10.9 Å². The Morgan fingerprint density at radius 2 is 1.83 bits per heavy atom. The first-order chi connectivity index (χ1) is 14.6. The Balaban J connectivity index is 1.56. The van der Waals surface area contributed by atoms with Gasteiger partial charge in [0.05, 0.1) is 23.2 Å². The van der Waals surface area contributed by atoms with E-state index in [0.717, 1.165) is 12.0 Å². The number of carbonyl (C=O) groups is 1. The highest BCUT2D eigenvalue weighted by atomic mass is 32.2. The SMILES string of the molecule is C[C@@H]1CCCC[C@@H]1NC(=O)CSc1nc2ccccc2c(=O)n1Cc1ccccc1. The number of fused-ring (bicyclic) bond motifs is 1. The molecule has 6 heteroatoms. The van der Waals surface area contributed by atoms with Gasteiger partial charge in [-0.25, -0.2) is 4.98 Å². The number of nitrogens with zero attached hydrogens (tertiary/aromatic N) is 2. The van der Waals surface area contributed by atoms with Crippen LogP contribution >= 0.6 is 11.8 Å². The van der Waals surface area contributed by atoms with Gasteiger partial charge in [0.25, 0.3) is 5.56 Å².